The molecule has 3 rings (SSSR count). The van der Waals surface area contributed by atoms with Crippen molar-refractivity contribution in [2.24, 2.45) is 0 Å². The van der Waals surface area contributed by atoms with E-state index < -0.39 is 14.9 Å². The summed E-state index contributed by atoms with van der Waals surface area (Å²) in [6, 6.07) is 7.61. The molecular weight excluding hydrogens is 436 g/mol. The van der Waals surface area contributed by atoms with Crippen LogP contribution in [0.15, 0.2) is 41.4 Å². The lowest BCUT2D eigenvalue weighted by molar-refractivity contribution is -0.384. The summed E-state index contributed by atoms with van der Waals surface area (Å²) in [5, 5.41) is 14.6. The van der Waals surface area contributed by atoms with Crippen molar-refractivity contribution in [2.45, 2.75) is 11.4 Å². The van der Waals surface area contributed by atoms with Gasteiger partial charge in [-0.2, -0.15) is 0 Å². The van der Waals surface area contributed by atoms with Crippen LogP contribution in [-0.4, -0.2) is 76.7 Å². The van der Waals surface area contributed by atoms with Crippen molar-refractivity contribution >= 4 is 27.2 Å². The molecule has 0 unspecified atom stereocenters. The normalized spacial score (nSPS) is 14.5. The lowest BCUT2D eigenvalue weighted by Crippen LogP contribution is -2.36. The number of nitro groups is 1. The topological polar surface area (TPSA) is 130 Å². The molecule has 1 fully saturated rings. The number of likely N-dealkylation sites (N-methyl/N-ethyl adjacent to an activating group) is 1. The summed E-state index contributed by atoms with van der Waals surface area (Å²) >= 11 is 0. The van der Waals surface area contributed by atoms with Crippen LogP contribution >= 0.6 is 0 Å². The Bertz CT molecular complexity index is 1040. The molecule has 0 saturated carbocycles. The molecule has 1 saturated heterocycles. The first-order chi connectivity index (χ1) is 15.3. The fourth-order valence-corrected chi connectivity index (χ4v) is 4.24. The third-order valence-corrected chi connectivity index (χ3v) is 6.41. The van der Waals surface area contributed by atoms with Gasteiger partial charge in [-0.05, 0) is 43.9 Å². The molecule has 0 amide bonds. The van der Waals surface area contributed by atoms with Gasteiger partial charge in [0.15, 0.2) is 0 Å². The minimum absolute atomic E-state index is 0.146. The fourth-order valence-electron chi connectivity index (χ4n) is 3.20. The number of morpholine rings is 1. The zero-order valence-electron chi connectivity index (χ0n) is 18.2. The second-order valence-electron chi connectivity index (χ2n) is 7.61. The second-order valence-corrected chi connectivity index (χ2v) is 9.38. The quantitative estimate of drug-likeness (QED) is 0.394. The number of anilines is 2. The van der Waals surface area contributed by atoms with Crippen molar-refractivity contribution in [3.05, 3.63) is 52.2 Å². The molecule has 11 nitrogen and oxygen atoms in total. The van der Waals surface area contributed by atoms with Gasteiger partial charge in [-0.3, -0.25) is 10.1 Å². The van der Waals surface area contributed by atoms with E-state index in [9.17, 15) is 18.5 Å². The summed E-state index contributed by atoms with van der Waals surface area (Å²) < 4.78 is 32.8. The predicted molar refractivity (Wildman–Crippen MR) is 121 cm³/mol. The predicted octanol–water partition coefficient (Wildman–Crippen LogP) is 1.28. The lowest BCUT2D eigenvalue weighted by Gasteiger charge is -2.28. The number of hydrogen-bond acceptors (Lipinski definition) is 9. The number of nitrogens with one attached hydrogen (secondary N) is 2. The van der Waals surface area contributed by atoms with Gasteiger partial charge in [0.05, 0.1) is 23.0 Å². The van der Waals surface area contributed by atoms with Gasteiger partial charge >= 0.3 is 0 Å². The summed E-state index contributed by atoms with van der Waals surface area (Å²) in [5.41, 5.74) is 0.841. The van der Waals surface area contributed by atoms with E-state index in [1.165, 1.54) is 12.1 Å². The first kappa shape index (κ1) is 23.9. The molecule has 174 valence electrons. The smallest absolute Gasteiger partial charge is 0.293 e. The van der Waals surface area contributed by atoms with Crippen molar-refractivity contribution in [1.82, 2.24) is 14.6 Å². The molecule has 2 heterocycles. The number of rotatable bonds is 10. The first-order valence-electron chi connectivity index (χ1n) is 10.2. The molecule has 2 N–H and O–H groups in total. The number of aromatic nitrogens is 1. The Morgan fingerprint density at radius 2 is 1.97 bits per heavy atom. The molecule has 0 atom stereocenters. The first-order valence-corrected chi connectivity index (χ1v) is 11.7. The molecule has 1 aromatic heterocycles. The highest BCUT2D eigenvalue weighted by Gasteiger charge is 2.21. The van der Waals surface area contributed by atoms with Crippen molar-refractivity contribution in [2.75, 3.05) is 63.7 Å². The van der Waals surface area contributed by atoms with Crippen molar-refractivity contribution in [1.29, 1.82) is 0 Å². The largest absolute Gasteiger partial charge is 0.378 e. The Hall–Kier alpha value is -2.80. The van der Waals surface area contributed by atoms with Crippen LogP contribution in [0.2, 0.25) is 0 Å². The summed E-state index contributed by atoms with van der Waals surface area (Å²) in [6.07, 6.45) is 1.70. The van der Waals surface area contributed by atoms with E-state index in [1.807, 2.05) is 31.1 Å². The summed E-state index contributed by atoms with van der Waals surface area (Å²) in [6.45, 7) is 3.86. The molecule has 2 aromatic rings. The zero-order chi connectivity index (χ0) is 23.1. The van der Waals surface area contributed by atoms with Crippen LogP contribution in [0, 0.1) is 10.1 Å². The standard InChI is InChI=1S/C20H28N6O5S/c1-24(2)8-7-23-32(29,30)17-3-4-18(19(14-17)26(27)28)22-15-16-5-6-21-20(13-16)25-9-11-31-12-10-25/h3-6,13-14,22-23H,7-12,15H2,1-2H3. The number of nitro benzene ring substituents is 1. The summed E-state index contributed by atoms with van der Waals surface area (Å²) in [4.78, 5) is 19.2. The minimum atomic E-state index is -3.85. The molecule has 12 heteroatoms. The van der Waals surface area contributed by atoms with Gasteiger partial charge in [0, 0.05) is 45.0 Å². The van der Waals surface area contributed by atoms with E-state index in [0.29, 0.717) is 26.3 Å². The monoisotopic (exact) mass is 464 g/mol. The number of hydrogen-bond donors (Lipinski definition) is 2. The number of nitrogens with zero attached hydrogens (tertiary/aromatic N) is 4. The summed E-state index contributed by atoms with van der Waals surface area (Å²) in [7, 11) is -0.195. The molecule has 0 bridgehead atoms. The second kappa shape index (κ2) is 10.7. The summed E-state index contributed by atoms with van der Waals surface area (Å²) in [5.74, 6) is 0.826. The van der Waals surface area contributed by atoms with Crippen LogP contribution in [0.25, 0.3) is 0 Å². The third-order valence-electron chi connectivity index (χ3n) is 4.96. The lowest BCUT2D eigenvalue weighted by atomic mass is 10.2. The number of benzene rings is 1. The van der Waals surface area contributed by atoms with E-state index >= 15 is 0 Å². The van der Waals surface area contributed by atoms with Gasteiger partial charge in [0.2, 0.25) is 10.0 Å². The Balaban J connectivity index is 1.72. The maximum Gasteiger partial charge on any atom is 0.293 e. The van der Waals surface area contributed by atoms with Gasteiger partial charge in [-0.15, -0.1) is 0 Å². The van der Waals surface area contributed by atoms with Gasteiger partial charge in [0.25, 0.3) is 5.69 Å². The Morgan fingerprint density at radius 3 is 2.66 bits per heavy atom. The van der Waals surface area contributed by atoms with Gasteiger partial charge in [0.1, 0.15) is 11.5 Å². The molecule has 1 aromatic carbocycles. The van der Waals surface area contributed by atoms with Gasteiger partial charge < -0.3 is 19.9 Å². The van der Waals surface area contributed by atoms with Gasteiger partial charge in [-0.1, -0.05) is 0 Å². The van der Waals surface area contributed by atoms with E-state index in [0.717, 1.165) is 30.5 Å². The molecule has 0 spiro atoms. The molecule has 32 heavy (non-hydrogen) atoms. The maximum absolute atomic E-state index is 12.5. The van der Waals surface area contributed by atoms with Crippen molar-refractivity contribution < 1.29 is 18.1 Å². The number of ether oxygens (including phenoxy) is 1. The Labute approximate surface area is 187 Å². The minimum Gasteiger partial charge on any atom is -0.378 e. The van der Waals surface area contributed by atoms with E-state index in [4.69, 9.17) is 4.74 Å². The third kappa shape index (κ3) is 6.36. The maximum atomic E-state index is 12.5. The van der Waals surface area contributed by atoms with Crippen molar-refractivity contribution in [3.8, 4) is 0 Å². The van der Waals surface area contributed by atoms with Crippen LogP contribution in [0.3, 0.4) is 0 Å². The highest BCUT2D eigenvalue weighted by atomic mass is 32.2. The Kier molecular flexibility index (Phi) is 7.96. The molecule has 1 aliphatic heterocycles. The fraction of sp³-hybridized carbons (Fsp3) is 0.450. The van der Waals surface area contributed by atoms with Crippen LogP contribution in [0.1, 0.15) is 5.56 Å². The Morgan fingerprint density at radius 1 is 1.22 bits per heavy atom. The SMILES string of the molecule is CN(C)CCNS(=O)(=O)c1ccc(NCc2ccnc(N3CCOCC3)c2)c([N+](=O)[O-])c1. The molecule has 0 radical (unpaired) electrons. The van der Waals surface area contributed by atoms with E-state index in [1.54, 1.807) is 6.20 Å². The number of sulfonamides is 1. The average Bonchev–Trinajstić information content (AvgIpc) is 2.78. The van der Waals surface area contributed by atoms with Crippen LogP contribution in [0.5, 0.6) is 0 Å². The molecule has 1 aliphatic rings. The van der Waals surface area contributed by atoms with Crippen LogP contribution in [0.4, 0.5) is 17.2 Å². The highest BCUT2D eigenvalue weighted by Crippen LogP contribution is 2.28. The van der Waals surface area contributed by atoms with Crippen LogP contribution < -0.4 is 14.9 Å². The average molecular weight is 465 g/mol. The van der Waals surface area contributed by atoms with E-state index in [-0.39, 0.29) is 22.8 Å². The van der Waals surface area contributed by atoms with Crippen molar-refractivity contribution in [3.63, 3.8) is 0 Å². The molecule has 0 aliphatic carbocycles. The zero-order valence-corrected chi connectivity index (χ0v) is 19.0. The van der Waals surface area contributed by atoms with Crippen LogP contribution in [-0.2, 0) is 21.3 Å². The highest BCUT2D eigenvalue weighted by molar-refractivity contribution is 7.89. The molecular formula is C20H28N6O5S. The van der Waals surface area contributed by atoms with Gasteiger partial charge in [-0.25, -0.2) is 18.1 Å². The van der Waals surface area contributed by atoms with E-state index in [2.05, 4.69) is 19.9 Å². The number of pyridine rings is 1.